The third kappa shape index (κ3) is 5.13. The van der Waals surface area contributed by atoms with Crippen LogP contribution in [0, 0.1) is 0 Å². The van der Waals surface area contributed by atoms with Crippen LogP contribution in [0.5, 0.6) is 11.5 Å². The van der Waals surface area contributed by atoms with Crippen LogP contribution in [0.15, 0.2) is 42.5 Å². The maximum Gasteiger partial charge on any atom is 0.233 e. The van der Waals surface area contributed by atoms with Crippen molar-refractivity contribution in [2.75, 3.05) is 19.5 Å². The lowest BCUT2D eigenvalue weighted by Gasteiger charge is -2.15. The number of hydrogen-bond donors (Lipinski definition) is 2. The molecule has 0 fully saturated rings. The van der Waals surface area contributed by atoms with Crippen LogP contribution in [-0.2, 0) is 9.59 Å². The van der Waals surface area contributed by atoms with Crippen molar-refractivity contribution >= 4 is 29.1 Å². The van der Waals surface area contributed by atoms with Crippen molar-refractivity contribution in [2.45, 2.75) is 19.4 Å². The van der Waals surface area contributed by atoms with Gasteiger partial charge in [0, 0.05) is 12.1 Å². The largest absolute Gasteiger partial charge is 0.495 e. The van der Waals surface area contributed by atoms with Gasteiger partial charge in [-0.2, -0.15) is 0 Å². The van der Waals surface area contributed by atoms with Crippen molar-refractivity contribution in [3.05, 3.63) is 53.1 Å². The van der Waals surface area contributed by atoms with Gasteiger partial charge >= 0.3 is 0 Å². The Labute approximate surface area is 157 Å². The predicted molar refractivity (Wildman–Crippen MR) is 101 cm³/mol. The molecule has 138 valence electrons. The van der Waals surface area contributed by atoms with Gasteiger partial charge in [0.05, 0.1) is 31.0 Å². The van der Waals surface area contributed by atoms with Gasteiger partial charge in [0.25, 0.3) is 0 Å². The smallest absolute Gasteiger partial charge is 0.233 e. The summed E-state index contributed by atoms with van der Waals surface area (Å²) in [6.07, 6.45) is -0.314. The fraction of sp³-hybridized carbons (Fsp3) is 0.263. The molecule has 26 heavy (non-hydrogen) atoms. The van der Waals surface area contributed by atoms with Crippen molar-refractivity contribution in [3.63, 3.8) is 0 Å². The molecule has 0 saturated carbocycles. The zero-order valence-electron chi connectivity index (χ0n) is 14.8. The monoisotopic (exact) mass is 376 g/mol. The van der Waals surface area contributed by atoms with Gasteiger partial charge in [-0.25, -0.2) is 0 Å². The molecule has 2 rings (SSSR count). The van der Waals surface area contributed by atoms with Crippen LogP contribution in [0.4, 0.5) is 5.69 Å². The second kappa shape index (κ2) is 9.10. The van der Waals surface area contributed by atoms with E-state index >= 15 is 0 Å². The number of anilines is 1. The quantitative estimate of drug-likeness (QED) is 0.724. The van der Waals surface area contributed by atoms with Gasteiger partial charge in [-0.1, -0.05) is 41.9 Å². The number of halogens is 1. The second-order valence-electron chi connectivity index (χ2n) is 5.61. The number of rotatable bonds is 7. The lowest BCUT2D eigenvalue weighted by atomic mass is 10.1. The molecule has 2 aromatic rings. The van der Waals surface area contributed by atoms with E-state index in [2.05, 4.69) is 10.6 Å². The Hall–Kier alpha value is -2.73. The first kappa shape index (κ1) is 19.6. The third-order valence-electron chi connectivity index (χ3n) is 3.75. The first-order valence-electron chi connectivity index (χ1n) is 8.00. The normalized spacial score (nSPS) is 11.4. The number of hydrogen-bond acceptors (Lipinski definition) is 4. The van der Waals surface area contributed by atoms with Crippen LogP contribution in [-0.4, -0.2) is 26.0 Å². The van der Waals surface area contributed by atoms with Crippen molar-refractivity contribution in [1.29, 1.82) is 0 Å². The Bertz CT molecular complexity index is 781. The summed E-state index contributed by atoms with van der Waals surface area (Å²) in [5.74, 6) is -0.0729. The highest BCUT2D eigenvalue weighted by Crippen LogP contribution is 2.35. The predicted octanol–water partition coefficient (Wildman–Crippen LogP) is 3.56. The minimum atomic E-state index is -0.467. The molecule has 1 unspecified atom stereocenters. The molecule has 0 aromatic heterocycles. The lowest BCUT2D eigenvalue weighted by molar-refractivity contribution is -0.127. The van der Waals surface area contributed by atoms with Crippen molar-refractivity contribution < 1.29 is 19.1 Å². The summed E-state index contributed by atoms with van der Waals surface area (Å²) in [5.41, 5.74) is 1.34. The van der Waals surface area contributed by atoms with Crippen LogP contribution in [0.25, 0.3) is 0 Å². The minimum Gasteiger partial charge on any atom is -0.495 e. The highest BCUT2D eigenvalue weighted by molar-refractivity contribution is 6.32. The summed E-state index contributed by atoms with van der Waals surface area (Å²) >= 11 is 6.03. The van der Waals surface area contributed by atoms with Gasteiger partial charge < -0.3 is 20.1 Å². The third-order valence-corrected chi connectivity index (χ3v) is 4.04. The van der Waals surface area contributed by atoms with E-state index in [-0.39, 0.29) is 18.4 Å². The number of benzene rings is 2. The molecule has 6 nitrogen and oxygen atoms in total. The summed E-state index contributed by atoms with van der Waals surface area (Å²) in [6.45, 7) is 1.86. The van der Waals surface area contributed by atoms with Gasteiger partial charge in [0.15, 0.2) is 0 Å². The zero-order chi connectivity index (χ0) is 19.1. The molecule has 0 heterocycles. The molecule has 0 aliphatic heterocycles. The average Bonchev–Trinajstić information content (AvgIpc) is 2.63. The topological polar surface area (TPSA) is 76.7 Å². The Morgan fingerprint density at radius 3 is 2.31 bits per heavy atom. The summed E-state index contributed by atoms with van der Waals surface area (Å²) in [7, 11) is 2.93. The van der Waals surface area contributed by atoms with E-state index in [0.717, 1.165) is 5.56 Å². The molecule has 2 N–H and O–H groups in total. The summed E-state index contributed by atoms with van der Waals surface area (Å²) < 4.78 is 10.3. The maximum absolute atomic E-state index is 12.2. The van der Waals surface area contributed by atoms with E-state index in [0.29, 0.717) is 22.2 Å². The van der Waals surface area contributed by atoms with E-state index in [1.807, 2.05) is 37.3 Å². The van der Waals surface area contributed by atoms with Crippen LogP contribution in [0.3, 0.4) is 0 Å². The number of nitrogens with one attached hydrogen (secondary N) is 2. The number of carbonyl (C=O) groups is 2. The van der Waals surface area contributed by atoms with E-state index in [1.54, 1.807) is 6.07 Å². The van der Waals surface area contributed by atoms with Crippen molar-refractivity contribution in [2.24, 2.45) is 0 Å². The number of ether oxygens (including phenoxy) is 2. The molecular formula is C19H21ClN2O4. The molecule has 0 bridgehead atoms. The Kier molecular flexibility index (Phi) is 6.86. The molecule has 0 aliphatic carbocycles. The van der Waals surface area contributed by atoms with Crippen LogP contribution in [0.2, 0.25) is 5.02 Å². The van der Waals surface area contributed by atoms with E-state index in [1.165, 1.54) is 20.3 Å². The summed E-state index contributed by atoms with van der Waals surface area (Å²) in [6, 6.07) is 12.4. The maximum atomic E-state index is 12.2. The molecule has 0 saturated heterocycles. The fourth-order valence-electron chi connectivity index (χ4n) is 2.42. The Morgan fingerprint density at radius 2 is 1.69 bits per heavy atom. The molecule has 7 heteroatoms. The molecule has 1 atom stereocenters. The molecule has 2 amide bonds. The van der Waals surface area contributed by atoms with Crippen LogP contribution < -0.4 is 20.1 Å². The van der Waals surface area contributed by atoms with E-state index in [4.69, 9.17) is 21.1 Å². The summed E-state index contributed by atoms with van der Waals surface area (Å²) in [5, 5.41) is 5.80. The first-order valence-corrected chi connectivity index (χ1v) is 8.38. The average molecular weight is 377 g/mol. The lowest BCUT2D eigenvalue weighted by Crippen LogP contribution is -2.30. The number of amides is 2. The molecule has 2 aromatic carbocycles. The Balaban J connectivity index is 1.99. The zero-order valence-corrected chi connectivity index (χ0v) is 15.6. The number of carbonyl (C=O) groups excluding carboxylic acids is 2. The van der Waals surface area contributed by atoms with Gasteiger partial charge in [0.1, 0.15) is 17.9 Å². The molecule has 0 spiro atoms. The first-order chi connectivity index (χ1) is 12.4. The van der Waals surface area contributed by atoms with Gasteiger partial charge in [-0.05, 0) is 12.5 Å². The van der Waals surface area contributed by atoms with Crippen LogP contribution in [0.1, 0.15) is 24.9 Å². The van der Waals surface area contributed by atoms with Gasteiger partial charge in [-0.15, -0.1) is 0 Å². The highest BCUT2D eigenvalue weighted by Gasteiger charge is 2.16. The Morgan fingerprint density at radius 1 is 1.04 bits per heavy atom. The van der Waals surface area contributed by atoms with Gasteiger partial charge in [-0.3, -0.25) is 9.59 Å². The molecular weight excluding hydrogens is 356 g/mol. The standard InChI is InChI=1S/C19H21ClN2O4/c1-12(13-7-5-4-6-8-13)21-18(23)11-19(24)22-15-10-16(25-2)14(20)9-17(15)26-3/h4-10,12H,11H2,1-3H3,(H,21,23)(H,22,24). The molecule has 0 radical (unpaired) electrons. The minimum absolute atomic E-state index is 0.193. The van der Waals surface area contributed by atoms with Gasteiger partial charge in [0.2, 0.25) is 11.8 Å². The van der Waals surface area contributed by atoms with E-state index < -0.39 is 5.91 Å². The fourth-order valence-corrected chi connectivity index (χ4v) is 2.65. The number of methoxy groups -OCH3 is 2. The SMILES string of the molecule is COc1cc(NC(=O)CC(=O)NC(C)c2ccccc2)c(OC)cc1Cl. The van der Waals surface area contributed by atoms with Crippen molar-refractivity contribution in [1.82, 2.24) is 5.32 Å². The second-order valence-corrected chi connectivity index (χ2v) is 6.02. The summed E-state index contributed by atoms with van der Waals surface area (Å²) in [4.78, 5) is 24.3. The van der Waals surface area contributed by atoms with Crippen molar-refractivity contribution in [3.8, 4) is 11.5 Å². The van der Waals surface area contributed by atoms with E-state index in [9.17, 15) is 9.59 Å². The van der Waals surface area contributed by atoms with Crippen LogP contribution >= 0.6 is 11.6 Å². The molecule has 0 aliphatic rings. The highest BCUT2D eigenvalue weighted by atomic mass is 35.5.